The minimum Gasteiger partial charge on any atom is -0.465 e. The number of ketones is 1. The zero-order valence-corrected chi connectivity index (χ0v) is 18.2. The van der Waals surface area contributed by atoms with Crippen molar-refractivity contribution in [2.24, 2.45) is 0 Å². The van der Waals surface area contributed by atoms with Crippen molar-refractivity contribution >= 4 is 28.7 Å². The van der Waals surface area contributed by atoms with Gasteiger partial charge in [0.15, 0.2) is 12.0 Å². The van der Waals surface area contributed by atoms with E-state index in [1.165, 1.54) is 6.92 Å². The van der Waals surface area contributed by atoms with Gasteiger partial charge in [0.1, 0.15) is 18.1 Å². The fourth-order valence-electron chi connectivity index (χ4n) is 3.99. The van der Waals surface area contributed by atoms with Gasteiger partial charge < -0.3 is 18.9 Å². The van der Waals surface area contributed by atoms with E-state index in [9.17, 15) is 9.59 Å². The monoisotopic (exact) mass is 445 g/mol. The number of carbonyl (C=O) groups is 2. The first-order chi connectivity index (χ1) is 16.0. The van der Waals surface area contributed by atoms with Gasteiger partial charge in [0.25, 0.3) is 0 Å². The Balaban J connectivity index is 1.28. The largest absolute Gasteiger partial charge is 0.465 e. The summed E-state index contributed by atoms with van der Waals surface area (Å²) in [5.41, 5.74) is 2.17. The molecule has 3 heterocycles. The van der Waals surface area contributed by atoms with Crippen LogP contribution in [0.2, 0.25) is 0 Å². The summed E-state index contributed by atoms with van der Waals surface area (Å²) in [7, 11) is 0. The van der Waals surface area contributed by atoms with Crippen molar-refractivity contribution in [2.75, 3.05) is 6.61 Å². The molecule has 0 saturated carbocycles. The summed E-state index contributed by atoms with van der Waals surface area (Å²) in [4.78, 5) is 28.3. The van der Waals surface area contributed by atoms with Gasteiger partial charge in [0.2, 0.25) is 5.78 Å². The molecular weight excluding hydrogens is 422 g/mol. The second-order valence-electron chi connectivity index (χ2n) is 8.10. The zero-order chi connectivity index (χ0) is 22.8. The molecule has 2 aliphatic rings. The standard InChI is InChI=1S/C26H23NO6/c1-16(28)30-15-20-6-4-8-25(32-20)31-19-9-10-21-23(13-19)33-24(26(21)29)12-17-11-18-5-2-3-7-22(18)27-14-17/h2-3,5,7,9-14,20,25H,4,6,8,15H2,1H3/b24-12-/t20-,25?/m1/s1. The number of Topliss-reactive ketones (excluding diaryl/α,β-unsaturated/α-hetero) is 1. The Labute approximate surface area is 190 Å². The van der Waals surface area contributed by atoms with E-state index in [1.54, 1.807) is 30.5 Å². The van der Waals surface area contributed by atoms with Crippen LogP contribution in [0.15, 0.2) is 60.5 Å². The maximum Gasteiger partial charge on any atom is 0.302 e. The summed E-state index contributed by atoms with van der Waals surface area (Å²) in [6, 6.07) is 14.9. The van der Waals surface area contributed by atoms with E-state index in [2.05, 4.69) is 4.98 Å². The highest BCUT2D eigenvalue weighted by Gasteiger charge is 2.29. The molecule has 2 aliphatic heterocycles. The molecule has 0 aliphatic carbocycles. The van der Waals surface area contributed by atoms with Crippen molar-refractivity contribution in [3.8, 4) is 11.5 Å². The minimum atomic E-state index is -0.451. The Kier molecular flexibility index (Phi) is 5.79. The number of rotatable bonds is 5. The van der Waals surface area contributed by atoms with Crippen LogP contribution in [0.5, 0.6) is 11.5 Å². The summed E-state index contributed by atoms with van der Waals surface area (Å²) in [5.74, 6) is 0.734. The van der Waals surface area contributed by atoms with Crippen LogP contribution in [-0.4, -0.2) is 35.7 Å². The van der Waals surface area contributed by atoms with Crippen molar-refractivity contribution in [3.63, 3.8) is 0 Å². The van der Waals surface area contributed by atoms with Crippen LogP contribution in [0.3, 0.4) is 0 Å². The number of ether oxygens (including phenoxy) is 4. The molecular formula is C26H23NO6. The summed E-state index contributed by atoms with van der Waals surface area (Å²) < 4.78 is 22.8. The van der Waals surface area contributed by atoms with E-state index in [0.29, 0.717) is 17.1 Å². The number of fused-ring (bicyclic) bond motifs is 2. The SMILES string of the molecule is CC(=O)OC[C@H]1CCCC(Oc2ccc3c(c2)O/C(=C\c2cnc4ccccc4c2)C3=O)O1. The van der Waals surface area contributed by atoms with E-state index >= 15 is 0 Å². The average Bonchev–Trinajstić information content (AvgIpc) is 3.12. The van der Waals surface area contributed by atoms with Crippen LogP contribution < -0.4 is 9.47 Å². The number of hydrogen-bond donors (Lipinski definition) is 0. The van der Waals surface area contributed by atoms with Crippen molar-refractivity contribution in [3.05, 3.63) is 71.6 Å². The molecule has 0 amide bonds. The van der Waals surface area contributed by atoms with Crippen LogP contribution in [-0.2, 0) is 14.3 Å². The maximum absolute atomic E-state index is 12.8. The minimum absolute atomic E-state index is 0.180. The zero-order valence-electron chi connectivity index (χ0n) is 18.2. The Morgan fingerprint density at radius 2 is 2.06 bits per heavy atom. The van der Waals surface area contributed by atoms with Gasteiger partial charge in [-0.3, -0.25) is 14.6 Å². The molecule has 168 valence electrons. The normalized spacial score (nSPS) is 21.0. The molecule has 1 aromatic heterocycles. The smallest absolute Gasteiger partial charge is 0.302 e. The number of allylic oxidation sites excluding steroid dienone is 1. The van der Waals surface area contributed by atoms with E-state index in [-0.39, 0.29) is 30.2 Å². The molecule has 1 saturated heterocycles. The lowest BCUT2D eigenvalue weighted by Gasteiger charge is -2.29. The van der Waals surface area contributed by atoms with E-state index in [1.807, 2.05) is 30.3 Å². The predicted molar refractivity (Wildman–Crippen MR) is 121 cm³/mol. The highest BCUT2D eigenvalue weighted by Crippen LogP contribution is 2.36. The molecule has 3 aromatic rings. The van der Waals surface area contributed by atoms with Gasteiger partial charge in [0, 0.05) is 31.0 Å². The van der Waals surface area contributed by atoms with E-state index < -0.39 is 6.29 Å². The number of benzene rings is 2. The first-order valence-corrected chi connectivity index (χ1v) is 10.9. The fraction of sp³-hybridized carbons (Fsp3) is 0.269. The van der Waals surface area contributed by atoms with E-state index in [0.717, 1.165) is 35.7 Å². The van der Waals surface area contributed by atoms with Crippen LogP contribution in [0.4, 0.5) is 0 Å². The van der Waals surface area contributed by atoms with Gasteiger partial charge >= 0.3 is 5.97 Å². The number of para-hydroxylation sites is 1. The molecule has 0 radical (unpaired) electrons. The number of pyridine rings is 1. The Hall–Kier alpha value is -3.71. The number of carbonyl (C=O) groups excluding carboxylic acids is 2. The maximum atomic E-state index is 12.8. The van der Waals surface area contributed by atoms with Crippen molar-refractivity contribution in [1.29, 1.82) is 0 Å². The van der Waals surface area contributed by atoms with Crippen LogP contribution in [0, 0.1) is 0 Å². The molecule has 0 bridgehead atoms. The predicted octanol–water partition coefficient (Wildman–Crippen LogP) is 4.69. The van der Waals surface area contributed by atoms with Crippen LogP contribution in [0.1, 0.15) is 42.1 Å². The average molecular weight is 445 g/mol. The molecule has 1 fully saturated rings. The molecule has 7 heteroatoms. The number of esters is 1. The third kappa shape index (κ3) is 4.73. The molecule has 5 rings (SSSR count). The number of aromatic nitrogens is 1. The fourth-order valence-corrected chi connectivity index (χ4v) is 3.99. The molecule has 2 atom stereocenters. The first kappa shape index (κ1) is 21.2. The molecule has 7 nitrogen and oxygen atoms in total. The van der Waals surface area contributed by atoms with Gasteiger partial charge in [-0.05, 0) is 48.7 Å². The highest BCUT2D eigenvalue weighted by molar-refractivity contribution is 6.14. The molecule has 1 unspecified atom stereocenters. The summed E-state index contributed by atoms with van der Waals surface area (Å²) >= 11 is 0. The van der Waals surface area contributed by atoms with Crippen LogP contribution >= 0.6 is 0 Å². The summed E-state index contributed by atoms with van der Waals surface area (Å²) in [6.07, 6.45) is 5.23. The lowest BCUT2D eigenvalue weighted by atomic mass is 10.1. The molecule has 0 N–H and O–H groups in total. The molecule has 33 heavy (non-hydrogen) atoms. The van der Waals surface area contributed by atoms with Gasteiger partial charge in [-0.25, -0.2) is 0 Å². The van der Waals surface area contributed by atoms with Gasteiger partial charge in [-0.2, -0.15) is 0 Å². The topological polar surface area (TPSA) is 84.0 Å². The first-order valence-electron chi connectivity index (χ1n) is 10.9. The second-order valence-corrected chi connectivity index (χ2v) is 8.10. The number of hydrogen-bond acceptors (Lipinski definition) is 7. The van der Waals surface area contributed by atoms with Gasteiger partial charge in [-0.15, -0.1) is 0 Å². The number of nitrogens with zero attached hydrogens (tertiary/aromatic N) is 1. The van der Waals surface area contributed by atoms with Gasteiger partial charge in [0.05, 0.1) is 17.2 Å². The molecule has 0 spiro atoms. The molecule has 2 aromatic carbocycles. The lowest BCUT2D eigenvalue weighted by Crippen LogP contribution is -2.34. The van der Waals surface area contributed by atoms with Gasteiger partial charge in [-0.1, -0.05) is 18.2 Å². The van der Waals surface area contributed by atoms with Crippen molar-refractivity contribution < 1.29 is 28.5 Å². The quantitative estimate of drug-likeness (QED) is 0.416. The van der Waals surface area contributed by atoms with Crippen molar-refractivity contribution in [2.45, 2.75) is 38.6 Å². The highest BCUT2D eigenvalue weighted by atomic mass is 16.7. The Bertz CT molecular complexity index is 1250. The third-order valence-corrected chi connectivity index (χ3v) is 5.60. The van der Waals surface area contributed by atoms with Crippen molar-refractivity contribution in [1.82, 2.24) is 4.98 Å². The summed E-state index contributed by atoms with van der Waals surface area (Å²) in [5, 5.41) is 0.991. The second kappa shape index (κ2) is 9.03. The third-order valence-electron chi connectivity index (χ3n) is 5.60. The summed E-state index contributed by atoms with van der Waals surface area (Å²) in [6.45, 7) is 1.59. The Morgan fingerprint density at radius 3 is 2.94 bits per heavy atom. The van der Waals surface area contributed by atoms with Crippen LogP contribution in [0.25, 0.3) is 17.0 Å². The van der Waals surface area contributed by atoms with E-state index in [4.69, 9.17) is 18.9 Å². The Morgan fingerprint density at radius 1 is 1.18 bits per heavy atom. The lowest BCUT2D eigenvalue weighted by molar-refractivity contribution is -0.172.